The predicted octanol–water partition coefficient (Wildman–Crippen LogP) is 2.79. The first-order valence-corrected chi connectivity index (χ1v) is 12.1. The van der Waals surface area contributed by atoms with Gasteiger partial charge in [0.2, 0.25) is 5.91 Å². The van der Waals surface area contributed by atoms with Crippen LogP contribution in [-0.2, 0) is 31.4 Å². The van der Waals surface area contributed by atoms with Crippen LogP contribution in [0, 0.1) is 11.3 Å². The van der Waals surface area contributed by atoms with Gasteiger partial charge in [-0.15, -0.1) is 11.3 Å². The van der Waals surface area contributed by atoms with Gasteiger partial charge in [0.1, 0.15) is 11.1 Å². The van der Waals surface area contributed by atoms with Gasteiger partial charge in [-0.25, -0.2) is 4.79 Å². The zero-order valence-electron chi connectivity index (χ0n) is 17.9. The Morgan fingerprint density at radius 1 is 1.44 bits per heavy atom. The van der Waals surface area contributed by atoms with Crippen molar-refractivity contribution in [3.63, 3.8) is 0 Å². The molecule has 1 atom stereocenters. The van der Waals surface area contributed by atoms with Crippen molar-refractivity contribution in [3.05, 3.63) is 62.3 Å². The Bertz CT molecular complexity index is 1210. The van der Waals surface area contributed by atoms with E-state index in [1.165, 1.54) is 21.6 Å². The van der Waals surface area contributed by atoms with Crippen molar-refractivity contribution in [1.29, 1.82) is 5.26 Å². The fourth-order valence-electron chi connectivity index (χ4n) is 3.75. The molecule has 3 aromatic rings. The summed E-state index contributed by atoms with van der Waals surface area (Å²) in [5, 5.41) is 15.6. The second-order valence-electron chi connectivity index (χ2n) is 7.61. The lowest BCUT2D eigenvalue weighted by Gasteiger charge is -2.26. The van der Waals surface area contributed by atoms with Crippen molar-refractivity contribution in [2.75, 3.05) is 11.9 Å². The highest BCUT2D eigenvalue weighted by Gasteiger charge is 2.30. The molecule has 2 aromatic heterocycles. The largest absolute Gasteiger partial charge is 0.441 e. The smallest absolute Gasteiger partial charge is 0.316 e. The van der Waals surface area contributed by atoms with E-state index >= 15 is 0 Å². The van der Waals surface area contributed by atoms with E-state index in [1.54, 1.807) is 7.05 Å². The molecule has 1 unspecified atom stereocenters. The molecule has 0 saturated heterocycles. The van der Waals surface area contributed by atoms with E-state index in [0.717, 1.165) is 48.3 Å². The maximum Gasteiger partial charge on any atom is 0.441 e. The van der Waals surface area contributed by atoms with Crippen LogP contribution in [0.4, 0.5) is 5.00 Å². The number of hydrogen-bond acceptors (Lipinski definition) is 7. The van der Waals surface area contributed by atoms with E-state index < -0.39 is 10.9 Å². The number of thioether (sulfide) groups is 1. The van der Waals surface area contributed by atoms with Crippen LogP contribution < -0.4 is 15.6 Å². The van der Waals surface area contributed by atoms with Gasteiger partial charge in [0, 0.05) is 24.5 Å². The summed E-state index contributed by atoms with van der Waals surface area (Å²) >= 11 is 2.63. The lowest BCUT2D eigenvalue weighted by Crippen LogP contribution is -2.35. The number of H-pyrrole nitrogens is 1. The molecular weight excluding hydrogens is 446 g/mol. The summed E-state index contributed by atoms with van der Waals surface area (Å²) in [5.74, 6) is -0.227. The predicted molar refractivity (Wildman–Crippen MR) is 122 cm³/mol. The first kappa shape index (κ1) is 22.3. The lowest BCUT2D eigenvalue weighted by atomic mass is 10.0. The van der Waals surface area contributed by atoms with Crippen LogP contribution in [0.25, 0.3) is 0 Å². The standard InChI is InChI=1S/C22H23N5O3S2/c1-3-17(32-21-22(29)30-25-26(21)2)19(28)24-20-16(11-23)15-9-10-27(13-18(15)31-20)12-14-7-5-4-6-8-14/h4-8,17H,3,9-10,12-13H2,1-2H3,(H-,24,25,28,29)/p+1. The Balaban J connectivity index is 1.49. The number of amides is 1. The van der Waals surface area contributed by atoms with E-state index in [0.29, 0.717) is 22.0 Å². The Morgan fingerprint density at radius 2 is 2.22 bits per heavy atom. The number of carbonyl (C=O) groups is 1. The zero-order chi connectivity index (χ0) is 22.7. The quantitative estimate of drug-likeness (QED) is 0.406. The maximum atomic E-state index is 13.0. The van der Waals surface area contributed by atoms with Gasteiger partial charge in [-0.05, 0) is 41.0 Å². The fraction of sp³-hybridized carbons (Fsp3) is 0.364. The van der Waals surface area contributed by atoms with Crippen LogP contribution in [0.5, 0.6) is 0 Å². The van der Waals surface area contributed by atoms with E-state index in [-0.39, 0.29) is 5.91 Å². The van der Waals surface area contributed by atoms with Gasteiger partial charge in [0.25, 0.3) is 0 Å². The molecule has 1 aromatic carbocycles. The van der Waals surface area contributed by atoms with Gasteiger partial charge in [0.05, 0.1) is 10.8 Å². The van der Waals surface area contributed by atoms with E-state index in [9.17, 15) is 14.9 Å². The Hall–Kier alpha value is -2.87. The van der Waals surface area contributed by atoms with Gasteiger partial charge in [-0.1, -0.05) is 41.9 Å². The molecule has 0 fully saturated rings. The number of nitrogens with zero attached hydrogens (tertiary/aromatic N) is 3. The number of benzene rings is 1. The molecule has 0 saturated carbocycles. The van der Waals surface area contributed by atoms with Gasteiger partial charge < -0.3 is 5.32 Å². The molecule has 0 aliphatic carbocycles. The first-order valence-electron chi connectivity index (χ1n) is 10.4. The molecule has 166 valence electrons. The van der Waals surface area contributed by atoms with Gasteiger partial charge >= 0.3 is 10.7 Å². The molecule has 3 heterocycles. The zero-order valence-corrected chi connectivity index (χ0v) is 19.5. The number of rotatable bonds is 7. The molecule has 8 nitrogen and oxygen atoms in total. The minimum Gasteiger partial charge on any atom is -0.316 e. The lowest BCUT2D eigenvalue weighted by molar-refractivity contribution is -0.772. The number of carbonyl (C=O) groups excluding carboxylic acids is 1. The van der Waals surface area contributed by atoms with Crippen molar-refractivity contribution in [1.82, 2.24) is 10.2 Å². The minimum atomic E-state index is -0.508. The van der Waals surface area contributed by atoms with Crippen molar-refractivity contribution < 1.29 is 14.0 Å². The minimum absolute atomic E-state index is 0.227. The Labute approximate surface area is 193 Å². The summed E-state index contributed by atoms with van der Waals surface area (Å²) in [7, 11) is 1.65. The highest BCUT2D eigenvalue weighted by molar-refractivity contribution is 8.00. The summed E-state index contributed by atoms with van der Waals surface area (Å²) in [6.07, 6.45) is 1.31. The van der Waals surface area contributed by atoms with Gasteiger partial charge in [-0.2, -0.15) is 5.26 Å². The summed E-state index contributed by atoms with van der Waals surface area (Å²) in [4.78, 5) is 28.3. The Kier molecular flexibility index (Phi) is 6.79. The summed E-state index contributed by atoms with van der Waals surface area (Å²) in [5.41, 5.74) is 2.35. The van der Waals surface area contributed by atoms with Gasteiger partial charge in [0.15, 0.2) is 7.05 Å². The molecule has 4 rings (SSSR count). The van der Waals surface area contributed by atoms with E-state index in [4.69, 9.17) is 4.52 Å². The van der Waals surface area contributed by atoms with E-state index in [2.05, 4.69) is 33.7 Å². The van der Waals surface area contributed by atoms with Crippen molar-refractivity contribution in [2.24, 2.45) is 7.05 Å². The van der Waals surface area contributed by atoms with Gasteiger partial charge in [-0.3, -0.25) is 14.2 Å². The summed E-state index contributed by atoms with van der Waals surface area (Å²) in [6, 6.07) is 12.6. The fourth-order valence-corrected chi connectivity index (χ4v) is 5.93. The molecular formula is C22H24N5O3S2+. The highest BCUT2D eigenvalue weighted by Crippen LogP contribution is 2.37. The molecule has 0 radical (unpaired) electrons. The summed E-state index contributed by atoms with van der Waals surface area (Å²) < 4.78 is 6.22. The molecule has 0 bridgehead atoms. The normalized spacial score (nSPS) is 14.5. The first-order chi connectivity index (χ1) is 15.5. The number of nitrogens with one attached hydrogen (secondary N) is 2. The average molecular weight is 471 g/mol. The number of aromatic amines is 1. The third-order valence-corrected chi connectivity index (χ3v) is 8.03. The van der Waals surface area contributed by atoms with E-state index in [1.807, 2.05) is 25.1 Å². The molecule has 1 aliphatic heterocycles. The number of anilines is 1. The molecule has 10 heteroatoms. The second kappa shape index (κ2) is 9.73. The van der Waals surface area contributed by atoms with Crippen molar-refractivity contribution in [3.8, 4) is 6.07 Å². The average Bonchev–Trinajstić information content (AvgIpc) is 3.30. The van der Waals surface area contributed by atoms with Crippen LogP contribution >= 0.6 is 23.1 Å². The monoisotopic (exact) mass is 470 g/mol. The maximum absolute atomic E-state index is 13.0. The number of aryl methyl sites for hydroxylation is 1. The SMILES string of the molecule is CCC(Sc1c(=O)o[nH][n+]1C)C(=O)Nc1sc2c(c1C#N)CCN(Cc1ccccc1)C2. The molecule has 2 N–H and O–H groups in total. The number of aromatic nitrogens is 2. The number of fused-ring (bicyclic) bond motifs is 1. The second-order valence-corrected chi connectivity index (χ2v) is 9.91. The van der Waals surface area contributed by atoms with Crippen molar-refractivity contribution >= 4 is 34.0 Å². The number of hydrogen-bond donors (Lipinski definition) is 2. The van der Waals surface area contributed by atoms with Crippen LogP contribution in [-0.4, -0.2) is 27.9 Å². The molecule has 32 heavy (non-hydrogen) atoms. The third-order valence-electron chi connectivity index (χ3n) is 5.41. The highest BCUT2D eigenvalue weighted by atomic mass is 32.2. The van der Waals surface area contributed by atoms with Crippen LogP contribution in [0.3, 0.4) is 0 Å². The third kappa shape index (κ3) is 4.65. The summed E-state index contributed by atoms with van der Waals surface area (Å²) in [6.45, 7) is 4.36. The molecule has 0 spiro atoms. The molecule has 1 amide bonds. The van der Waals surface area contributed by atoms with Crippen LogP contribution in [0.15, 0.2) is 44.7 Å². The van der Waals surface area contributed by atoms with Crippen LogP contribution in [0.2, 0.25) is 0 Å². The molecule has 1 aliphatic rings. The topological polar surface area (TPSA) is 106 Å². The number of nitriles is 1. The Morgan fingerprint density at radius 3 is 2.88 bits per heavy atom. The number of thiophene rings is 1. The van der Waals surface area contributed by atoms with Crippen molar-refractivity contribution in [2.45, 2.75) is 43.1 Å². The van der Waals surface area contributed by atoms with Crippen LogP contribution in [0.1, 0.15) is 34.9 Å².